The van der Waals surface area contributed by atoms with Gasteiger partial charge in [0.25, 0.3) is 0 Å². The Balaban J connectivity index is 3.56. The molecule has 7 nitrogen and oxygen atoms in total. The Labute approximate surface area is 237 Å². The minimum Gasteiger partial charge on any atom is -0.444 e. The Kier molecular flexibility index (Phi) is 15.2. The highest BCUT2D eigenvalue weighted by Crippen LogP contribution is 2.30. The summed E-state index contributed by atoms with van der Waals surface area (Å²) in [6, 6.07) is 4.36. The van der Waals surface area contributed by atoms with E-state index in [-0.39, 0.29) is 17.7 Å². The predicted octanol–water partition coefficient (Wildman–Crippen LogP) is 7.00. The van der Waals surface area contributed by atoms with Gasteiger partial charge in [-0.2, -0.15) is 0 Å². The van der Waals surface area contributed by atoms with Gasteiger partial charge in [0.05, 0.1) is 0 Å². The van der Waals surface area contributed by atoms with Crippen molar-refractivity contribution in [3.05, 3.63) is 34.9 Å². The molecule has 0 saturated heterocycles. The average molecular weight is 546 g/mol. The van der Waals surface area contributed by atoms with Gasteiger partial charge in [0, 0.05) is 13.1 Å². The smallest absolute Gasteiger partial charge is 0.408 e. The lowest BCUT2D eigenvalue weighted by Gasteiger charge is -2.37. The number of benzene rings is 1. The van der Waals surface area contributed by atoms with Gasteiger partial charge < -0.3 is 20.3 Å². The zero-order valence-corrected chi connectivity index (χ0v) is 26.1. The summed E-state index contributed by atoms with van der Waals surface area (Å²) in [5.74, 6) is -0.568. The van der Waals surface area contributed by atoms with E-state index in [1.54, 1.807) is 25.7 Å². The molecule has 0 aromatic heterocycles. The van der Waals surface area contributed by atoms with Crippen molar-refractivity contribution >= 4 is 17.9 Å². The molecule has 3 unspecified atom stereocenters. The SMILES string of the molecule is CCCCCCCN(C(=O)C(NC(=O)OC(C)(C)C)C(C)CC)C(C(=O)NCCCC)c1c(C)cccc1C. The van der Waals surface area contributed by atoms with Gasteiger partial charge in [-0.05, 0) is 70.1 Å². The van der Waals surface area contributed by atoms with Crippen LogP contribution in [-0.2, 0) is 14.3 Å². The molecular weight excluding hydrogens is 490 g/mol. The summed E-state index contributed by atoms with van der Waals surface area (Å²) in [4.78, 5) is 42.8. The maximum absolute atomic E-state index is 14.4. The first kappa shape index (κ1) is 34.5. The quantitative estimate of drug-likeness (QED) is 0.219. The van der Waals surface area contributed by atoms with E-state index < -0.39 is 23.8 Å². The Morgan fingerprint density at radius 2 is 1.51 bits per heavy atom. The Bertz CT molecular complexity index is 889. The van der Waals surface area contributed by atoms with Gasteiger partial charge in [-0.15, -0.1) is 0 Å². The average Bonchev–Trinajstić information content (AvgIpc) is 2.86. The number of amides is 3. The molecule has 0 spiro atoms. The molecule has 1 rings (SSSR count). The largest absolute Gasteiger partial charge is 0.444 e. The summed E-state index contributed by atoms with van der Waals surface area (Å²) < 4.78 is 5.51. The first-order valence-corrected chi connectivity index (χ1v) is 15.0. The molecule has 0 aliphatic rings. The van der Waals surface area contributed by atoms with Crippen LogP contribution in [0.15, 0.2) is 18.2 Å². The number of carbonyl (C=O) groups is 3. The summed E-state index contributed by atoms with van der Waals surface area (Å²) in [6.45, 7) is 18.6. The lowest BCUT2D eigenvalue weighted by atomic mass is 9.91. The molecule has 0 aliphatic heterocycles. The monoisotopic (exact) mass is 545 g/mol. The molecule has 3 atom stereocenters. The number of hydrogen-bond acceptors (Lipinski definition) is 4. The number of carbonyl (C=O) groups excluding carboxylic acids is 3. The molecule has 2 N–H and O–H groups in total. The van der Waals surface area contributed by atoms with Crippen molar-refractivity contribution in [3.63, 3.8) is 0 Å². The highest BCUT2D eigenvalue weighted by molar-refractivity contribution is 5.92. The van der Waals surface area contributed by atoms with Crippen LogP contribution in [0.1, 0.15) is 123 Å². The number of aryl methyl sites for hydroxylation is 2. The van der Waals surface area contributed by atoms with Crippen LogP contribution in [0.5, 0.6) is 0 Å². The molecule has 7 heteroatoms. The van der Waals surface area contributed by atoms with E-state index in [0.29, 0.717) is 19.5 Å². The second-order valence-corrected chi connectivity index (χ2v) is 11.8. The number of nitrogens with zero attached hydrogens (tertiary/aromatic N) is 1. The second kappa shape index (κ2) is 17.2. The molecule has 0 aliphatic carbocycles. The Morgan fingerprint density at radius 1 is 0.923 bits per heavy atom. The number of nitrogens with one attached hydrogen (secondary N) is 2. The fraction of sp³-hybridized carbons (Fsp3) is 0.719. The molecule has 39 heavy (non-hydrogen) atoms. The number of ether oxygens (including phenoxy) is 1. The highest BCUT2D eigenvalue weighted by Gasteiger charge is 2.38. The molecule has 0 heterocycles. The van der Waals surface area contributed by atoms with E-state index >= 15 is 0 Å². The predicted molar refractivity (Wildman–Crippen MR) is 160 cm³/mol. The summed E-state index contributed by atoms with van der Waals surface area (Å²) in [6.07, 6.45) is 7.01. The van der Waals surface area contributed by atoms with Crippen molar-refractivity contribution in [2.75, 3.05) is 13.1 Å². The topological polar surface area (TPSA) is 87.7 Å². The third-order valence-corrected chi connectivity index (χ3v) is 7.14. The minimum atomic E-state index is -0.809. The van der Waals surface area contributed by atoms with Crippen molar-refractivity contribution in [3.8, 4) is 0 Å². The number of alkyl carbamates (subject to hydrolysis) is 1. The van der Waals surface area contributed by atoms with Crippen molar-refractivity contribution in [1.82, 2.24) is 15.5 Å². The van der Waals surface area contributed by atoms with Crippen LogP contribution in [0, 0.1) is 19.8 Å². The van der Waals surface area contributed by atoms with E-state index in [1.807, 2.05) is 45.9 Å². The molecule has 0 fully saturated rings. The molecule has 3 amide bonds. The zero-order valence-electron chi connectivity index (χ0n) is 26.1. The van der Waals surface area contributed by atoms with Gasteiger partial charge >= 0.3 is 6.09 Å². The van der Waals surface area contributed by atoms with Gasteiger partial charge in [-0.3, -0.25) is 9.59 Å². The van der Waals surface area contributed by atoms with Crippen LogP contribution in [0.2, 0.25) is 0 Å². The maximum atomic E-state index is 14.4. The normalized spacial score (nSPS) is 13.8. The van der Waals surface area contributed by atoms with E-state index in [0.717, 1.165) is 61.6 Å². The molecule has 1 aromatic rings. The van der Waals surface area contributed by atoms with E-state index in [9.17, 15) is 14.4 Å². The van der Waals surface area contributed by atoms with Crippen LogP contribution < -0.4 is 10.6 Å². The van der Waals surface area contributed by atoms with E-state index in [4.69, 9.17) is 4.74 Å². The molecule has 222 valence electrons. The van der Waals surface area contributed by atoms with Crippen molar-refractivity contribution in [2.24, 2.45) is 5.92 Å². The summed E-state index contributed by atoms with van der Waals surface area (Å²) >= 11 is 0. The maximum Gasteiger partial charge on any atom is 0.408 e. The fourth-order valence-corrected chi connectivity index (χ4v) is 4.72. The molecular formula is C32H55N3O4. The van der Waals surface area contributed by atoms with Gasteiger partial charge in [0.1, 0.15) is 17.7 Å². The van der Waals surface area contributed by atoms with Gasteiger partial charge in [0.2, 0.25) is 11.8 Å². The molecule has 0 saturated carbocycles. The van der Waals surface area contributed by atoms with Gasteiger partial charge in [-0.1, -0.05) is 84.4 Å². The summed E-state index contributed by atoms with van der Waals surface area (Å²) in [7, 11) is 0. The van der Waals surface area contributed by atoms with Crippen molar-refractivity contribution in [2.45, 2.75) is 131 Å². The van der Waals surface area contributed by atoms with Gasteiger partial charge in [-0.25, -0.2) is 4.79 Å². The first-order chi connectivity index (χ1) is 18.4. The lowest BCUT2D eigenvalue weighted by Crippen LogP contribution is -2.55. The minimum absolute atomic E-state index is 0.144. The fourth-order valence-electron chi connectivity index (χ4n) is 4.72. The number of hydrogen-bond donors (Lipinski definition) is 2. The second-order valence-electron chi connectivity index (χ2n) is 11.8. The molecule has 0 bridgehead atoms. The number of rotatable bonds is 16. The first-order valence-electron chi connectivity index (χ1n) is 15.0. The standard InChI is InChI=1S/C32H55N3O4/c1-10-13-15-16-17-22-35(30(37)27(23(4)12-3)34-31(38)39-32(7,8)9)28(29(36)33-21-14-11-2)26-24(5)19-18-20-25(26)6/h18-20,23,27-28H,10-17,21-22H2,1-9H3,(H,33,36)(H,34,38). The van der Waals surface area contributed by atoms with Gasteiger partial charge in [0.15, 0.2) is 0 Å². The summed E-state index contributed by atoms with van der Waals surface area (Å²) in [5.41, 5.74) is 2.10. The zero-order chi connectivity index (χ0) is 29.6. The highest BCUT2D eigenvalue weighted by atomic mass is 16.6. The van der Waals surface area contributed by atoms with E-state index in [2.05, 4.69) is 24.5 Å². The van der Waals surface area contributed by atoms with E-state index in [1.165, 1.54) is 0 Å². The third-order valence-electron chi connectivity index (χ3n) is 7.14. The lowest BCUT2D eigenvalue weighted by molar-refractivity contribution is -0.143. The number of unbranched alkanes of at least 4 members (excludes halogenated alkanes) is 5. The van der Waals surface area contributed by atoms with Crippen molar-refractivity contribution < 1.29 is 19.1 Å². The third kappa shape index (κ3) is 11.6. The molecule has 0 radical (unpaired) electrons. The van der Waals surface area contributed by atoms with Crippen LogP contribution in [0.3, 0.4) is 0 Å². The van der Waals surface area contributed by atoms with Crippen LogP contribution in [-0.4, -0.2) is 47.5 Å². The van der Waals surface area contributed by atoms with Crippen molar-refractivity contribution in [1.29, 1.82) is 0 Å². The molecule has 1 aromatic carbocycles. The van der Waals surface area contributed by atoms with Crippen LogP contribution in [0.25, 0.3) is 0 Å². The Hall–Kier alpha value is -2.57. The van der Waals surface area contributed by atoms with Crippen LogP contribution >= 0.6 is 0 Å². The van der Waals surface area contributed by atoms with Crippen LogP contribution in [0.4, 0.5) is 4.79 Å². The summed E-state index contributed by atoms with van der Waals surface area (Å²) in [5, 5.41) is 5.95. The Morgan fingerprint density at radius 3 is 2.05 bits per heavy atom.